The zero-order chi connectivity index (χ0) is 9.84. The first kappa shape index (κ1) is 10.5. The van der Waals surface area contributed by atoms with Crippen molar-refractivity contribution in [2.75, 3.05) is 0 Å². The van der Waals surface area contributed by atoms with E-state index in [1.54, 1.807) is 0 Å². The molecular formula is C10H20N2O. The van der Waals surface area contributed by atoms with E-state index in [9.17, 15) is 4.79 Å². The van der Waals surface area contributed by atoms with Crippen molar-refractivity contribution in [3.63, 3.8) is 0 Å². The molecule has 0 atom stereocenters. The van der Waals surface area contributed by atoms with Gasteiger partial charge in [-0.2, -0.15) is 0 Å². The fourth-order valence-electron chi connectivity index (χ4n) is 1.76. The number of hydrogen-bond acceptors (Lipinski definition) is 2. The smallest absolute Gasteiger partial charge is 0.223 e. The first-order chi connectivity index (χ1) is 6.17. The van der Waals surface area contributed by atoms with Crippen molar-refractivity contribution >= 4 is 5.91 Å². The summed E-state index contributed by atoms with van der Waals surface area (Å²) < 4.78 is 0. The van der Waals surface area contributed by atoms with E-state index < -0.39 is 0 Å². The lowest BCUT2D eigenvalue weighted by Crippen LogP contribution is -2.51. The topological polar surface area (TPSA) is 55.1 Å². The van der Waals surface area contributed by atoms with Crippen LogP contribution in [0.3, 0.4) is 0 Å². The fraction of sp³-hybridized carbons (Fsp3) is 0.900. The summed E-state index contributed by atoms with van der Waals surface area (Å²) in [6.07, 6.45) is 3.76. The molecule has 0 aromatic rings. The fourth-order valence-corrected chi connectivity index (χ4v) is 1.76. The van der Waals surface area contributed by atoms with E-state index in [2.05, 4.69) is 19.2 Å². The van der Waals surface area contributed by atoms with Crippen molar-refractivity contribution in [3.8, 4) is 0 Å². The summed E-state index contributed by atoms with van der Waals surface area (Å²) in [5, 5.41) is 3.03. The molecule has 1 rings (SSSR count). The number of amides is 1. The predicted molar refractivity (Wildman–Crippen MR) is 53.2 cm³/mol. The molecule has 0 bridgehead atoms. The minimum absolute atomic E-state index is 0.192. The standard InChI is InChI=1S/C10H20N2O/c1-3-7(4-2)10(13)12-9-5-8(11)6-9/h7-9H,3-6,11H2,1-2H3,(H,12,13). The molecule has 0 aliphatic heterocycles. The molecule has 0 unspecified atom stereocenters. The SMILES string of the molecule is CCC(CC)C(=O)NC1CC(N)C1. The molecule has 76 valence electrons. The first-order valence-corrected chi connectivity index (χ1v) is 5.23. The van der Waals surface area contributed by atoms with Crippen LogP contribution in [-0.2, 0) is 4.79 Å². The summed E-state index contributed by atoms with van der Waals surface area (Å²) in [4.78, 5) is 11.6. The summed E-state index contributed by atoms with van der Waals surface area (Å²) in [5.41, 5.74) is 5.63. The van der Waals surface area contributed by atoms with Gasteiger partial charge >= 0.3 is 0 Å². The lowest BCUT2D eigenvalue weighted by atomic mass is 9.87. The van der Waals surface area contributed by atoms with Gasteiger partial charge in [0.25, 0.3) is 0 Å². The van der Waals surface area contributed by atoms with Crippen LogP contribution in [0.1, 0.15) is 39.5 Å². The van der Waals surface area contributed by atoms with E-state index in [1.165, 1.54) is 0 Å². The average molecular weight is 184 g/mol. The van der Waals surface area contributed by atoms with Crippen molar-refractivity contribution in [3.05, 3.63) is 0 Å². The molecule has 0 saturated heterocycles. The van der Waals surface area contributed by atoms with Crippen LogP contribution >= 0.6 is 0 Å². The quantitative estimate of drug-likeness (QED) is 0.685. The summed E-state index contributed by atoms with van der Waals surface area (Å²) in [6.45, 7) is 4.11. The van der Waals surface area contributed by atoms with Gasteiger partial charge in [-0.15, -0.1) is 0 Å². The minimum atomic E-state index is 0.192. The maximum atomic E-state index is 11.6. The van der Waals surface area contributed by atoms with E-state index in [4.69, 9.17) is 5.73 Å². The number of nitrogens with one attached hydrogen (secondary N) is 1. The Balaban J connectivity index is 2.24. The highest BCUT2D eigenvalue weighted by Gasteiger charge is 2.28. The van der Waals surface area contributed by atoms with Gasteiger partial charge in [-0.1, -0.05) is 13.8 Å². The van der Waals surface area contributed by atoms with Crippen molar-refractivity contribution in [2.24, 2.45) is 11.7 Å². The third-order valence-electron chi connectivity index (χ3n) is 2.88. The maximum absolute atomic E-state index is 11.6. The van der Waals surface area contributed by atoms with E-state index in [0.29, 0.717) is 12.1 Å². The van der Waals surface area contributed by atoms with Gasteiger partial charge in [0.2, 0.25) is 5.91 Å². The highest BCUT2D eigenvalue weighted by Crippen LogP contribution is 2.18. The maximum Gasteiger partial charge on any atom is 0.223 e. The molecule has 0 aromatic heterocycles. The zero-order valence-corrected chi connectivity index (χ0v) is 8.55. The van der Waals surface area contributed by atoms with Gasteiger partial charge in [0.15, 0.2) is 0 Å². The monoisotopic (exact) mass is 184 g/mol. The van der Waals surface area contributed by atoms with Crippen LogP contribution in [0.2, 0.25) is 0 Å². The third kappa shape index (κ3) is 2.69. The van der Waals surface area contributed by atoms with Crippen molar-refractivity contribution in [2.45, 2.75) is 51.6 Å². The number of carbonyl (C=O) groups excluding carboxylic acids is 1. The molecule has 1 saturated carbocycles. The molecule has 0 spiro atoms. The minimum Gasteiger partial charge on any atom is -0.353 e. The summed E-state index contributed by atoms with van der Waals surface area (Å²) in [5.74, 6) is 0.402. The second kappa shape index (κ2) is 4.61. The van der Waals surface area contributed by atoms with Crippen molar-refractivity contribution < 1.29 is 4.79 Å². The van der Waals surface area contributed by atoms with Crippen LogP contribution in [0.15, 0.2) is 0 Å². The molecule has 0 heterocycles. The van der Waals surface area contributed by atoms with Crippen LogP contribution in [0.4, 0.5) is 0 Å². The Morgan fingerprint density at radius 3 is 2.38 bits per heavy atom. The molecule has 0 radical (unpaired) electrons. The van der Waals surface area contributed by atoms with Crippen LogP contribution < -0.4 is 11.1 Å². The second-order valence-electron chi connectivity index (χ2n) is 3.95. The van der Waals surface area contributed by atoms with Crippen LogP contribution in [-0.4, -0.2) is 18.0 Å². The second-order valence-corrected chi connectivity index (χ2v) is 3.95. The molecule has 13 heavy (non-hydrogen) atoms. The summed E-state index contributed by atoms with van der Waals surface area (Å²) in [7, 11) is 0. The Kier molecular flexibility index (Phi) is 3.72. The summed E-state index contributed by atoms with van der Waals surface area (Å²) in [6, 6.07) is 0.662. The van der Waals surface area contributed by atoms with Gasteiger partial charge in [0, 0.05) is 18.0 Å². The van der Waals surface area contributed by atoms with Gasteiger partial charge < -0.3 is 11.1 Å². The van der Waals surface area contributed by atoms with Crippen molar-refractivity contribution in [1.29, 1.82) is 0 Å². The Hall–Kier alpha value is -0.570. The van der Waals surface area contributed by atoms with Crippen LogP contribution in [0.25, 0.3) is 0 Å². The normalized spacial score (nSPS) is 27.1. The Bertz CT molecular complexity index is 172. The lowest BCUT2D eigenvalue weighted by molar-refractivity contribution is -0.126. The number of carbonyl (C=O) groups is 1. The van der Waals surface area contributed by atoms with Gasteiger partial charge in [0.05, 0.1) is 0 Å². The zero-order valence-electron chi connectivity index (χ0n) is 8.55. The van der Waals surface area contributed by atoms with Gasteiger partial charge in [0.1, 0.15) is 0 Å². The van der Waals surface area contributed by atoms with Crippen molar-refractivity contribution in [1.82, 2.24) is 5.32 Å². The number of rotatable bonds is 4. The van der Waals surface area contributed by atoms with Gasteiger partial charge in [-0.05, 0) is 25.7 Å². The first-order valence-electron chi connectivity index (χ1n) is 5.23. The van der Waals surface area contributed by atoms with E-state index in [1.807, 2.05) is 0 Å². The predicted octanol–water partition coefficient (Wildman–Crippen LogP) is 1.03. The van der Waals surface area contributed by atoms with Crippen LogP contribution in [0, 0.1) is 5.92 Å². The molecule has 1 aliphatic carbocycles. The Morgan fingerprint density at radius 1 is 1.46 bits per heavy atom. The van der Waals surface area contributed by atoms with E-state index in [0.717, 1.165) is 25.7 Å². The number of nitrogens with two attached hydrogens (primary N) is 1. The highest BCUT2D eigenvalue weighted by atomic mass is 16.1. The molecule has 3 N–H and O–H groups in total. The summed E-state index contributed by atoms with van der Waals surface area (Å²) >= 11 is 0. The lowest BCUT2D eigenvalue weighted by Gasteiger charge is -2.33. The van der Waals surface area contributed by atoms with E-state index >= 15 is 0 Å². The molecule has 0 aromatic carbocycles. The molecule has 3 nitrogen and oxygen atoms in total. The average Bonchev–Trinajstić information content (AvgIpc) is 2.04. The third-order valence-corrected chi connectivity index (χ3v) is 2.88. The largest absolute Gasteiger partial charge is 0.353 e. The van der Waals surface area contributed by atoms with Crippen LogP contribution in [0.5, 0.6) is 0 Å². The molecule has 1 fully saturated rings. The molecule has 1 amide bonds. The van der Waals surface area contributed by atoms with Gasteiger partial charge in [-0.3, -0.25) is 4.79 Å². The van der Waals surface area contributed by atoms with E-state index in [-0.39, 0.29) is 11.8 Å². The van der Waals surface area contributed by atoms with Gasteiger partial charge in [-0.25, -0.2) is 0 Å². The molecular weight excluding hydrogens is 164 g/mol. The Morgan fingerprint density at radius 2 is 2.00 bits per heavy atom. The highest BCUT2D eigenvalue weighted by molar-refractivity contribution is 5.78. The molecule has 1 aliphatic rings. The molecule has 3 heteroatoms. The Labute approximate surface area is 80.1 Å². The number of hydrogen-bond donors (Lipinski definition) is 2.